The van der Waals surface area contributed by atoms with Crippen molar-refractivity contribution < 1.29 is 19.0 Å². The van der Waals surface area contributed by atoms with Crippen molar-refractivity contribution in [3.05, 3.63) is 17.7 Å². The van der Waals surface area contributed by atoms with Crippen molar-refractivity contribution in [2.24, 2.45) is 23.2 Å². The first-order valence-electron chi connectivity index (χ1n) is 11.7. The maximum atomic E-state index is 13.8. The van der Waals surface area contributed by atoms with Crippen molar-refractivity contribution >= 4 is 5.91 Å². The van der Waals surface area contributed by atoms with Crippen LogP contribution in [-0.2, 0) is 0 Å². The van der Waals surface area contributed by atoms with Crippen LogP contribution in [0.1, 0.15) is 68.1 Å². The molecule has 164 valence electrons. The second-order valence-corrected chi connectivity index (χ2v) is 10.2. The maximum Gasteiger partial charge on any atom is 0.254 e. The lowest BCUT2D eigenvalue weighted by molar-refractivity contribution is -0.102. The summed E-state index contributed by atoms with van der Waals surface area (Å²) in [6.45, 7) is 0.863. The molecule has 1 atom stereocenters. The number of ether oxygens (including phenoxy) is 3. The first-order valence-corrected chi connectivity index (χ1v) is 11.7. The van der Waals surface area contributed by atoms with E-state index in [9.17, 15) is 4.79 Å². The van der Waals surface area contributed by atoms with Gasteiger partial charge in [0, 0.05) is 18.2 Å². The van der Waals surface area contributed by atoms with Crippen LogP contribution in [0, 0.1) is 23.2 Å². The highest BCUT2D eigenvalue weighted by molar-refractivity contribution is 5.96. The van der Waals surface area contributed by atoms with E-state index >= 15 is 0 Å². The Kier molecular flexibility index (Phi) is 5.11. The average molecular weight is 414 g/mol. The molecule has 6 rings (SSSR count). The van der Waals surface area contributed by atoms with Gasteiger partial charge in [0.15, 0.2) is 11.5 Å². The van der Waals surface area contributed by atoms with Gasteiger partial charge < -0.3 is 19.1 Å². The summed E-state index contributed by atoms with van der Waals surface area (Å²) in [5.74, 6) is 4.44. The van der Waals surface area contributed by atoms with Crippen molar-refractivity contribution in [1.82, 2.24) is 4.90 Å². The van der Waals surface area contributed by atoms with Gasteiger partial charge in [-0.1, -0.05) is 0 Å². The second kappa shape index (κ2) is 7.65. The predicted octanol–water partition coefficient (Wildman–Crippen LogP) is 4.92. The number of piperidine rings is 1. The Morgan fingerprint density at radius 3 is 1.97 bits per heavy atom. The van der Waals surface area contributed by atoms with E-state index in [2.05, 4.69) is 4.90 Å². The maximum absolute atomic E-state index is 13.8. The summed E-state index contributed by atoms with van der Waals surface area (Å²) in [7, 11) is 4.80. The van der Waals surface area contributed by atoms with E-state index in [4.69, 9.17) is 14.2 Å². The summed E-state index contributed by atoms with van der Waals surface area (Å²) in [5, 5.41) is 0. The van der Waals surface area contributed by atoms with Crippen LogP contribution >= 0.6 is 0 Å². The summed E-state index contributed by atoms with van der Waals surface area (Å²) in [5.41, 5.74) is 0.993. The van der Waals surface area contributed by atoms with Crippen molar-refractivity contribution in [3.63, 3.8) is 0 Å². The van der Waals surface area contributed by atoms with E-state index in [-0.39, 0.29) is 5.91 Å². The third-order valence-electron chi connectivity index (χ3n) is 8.47. The van der Waals surface area contributed by atoms with Crippen LogP contribution in [0.25, 0.3) is 0 Å². The summed E-state index contributed by atoms with van der Waals surface area (Å²) in [6, 6.07) is 4.01. The lowest BCUT2D eigenvalue weighted by Crippen LogP contribution is -2.59. The highest BCUT2D eigenvalue weighted by Crippen LogP contribution is 2.63. The molecule has 0 aromatic heterocycles. The average Bonchev–Trinajstić information content (AvgIpc) is 2.76. The Morgan fingerprint density at radius 2 is 1.47 bits per heavy atom. The third-order valence-corrected chi connectivity index (χ3v) is 8.47. The van der Waals surface area contributed by atoms with Gasteiger partial charge in [-0.2, -0.15) is 0 Å². The first kappa shape index (κ1) is 20.0. The zero-order chi connectivity index (χ0) is 20.9. The highest BCUT2D eigenvalue weighted by atomic mass is 16.5. The molecule has 5 heteroatoms. The zero-order valence-corrected chi connectivity index (χ0v) is 18.6. The Hall–Kier alpha value is -1.91. The molecular formula is C25H35NO4. The van der Waals surface area contributed by atoms with Crippen LogP contribution < -0.4 is 14.2 Å². The van der Waals surface area contributed by atoms with E-state index in [1.807, 2.05) is 12.1 Å². The van der Waals surface area contributed by atoms with Gasteiger partial charge in [0.25, 0.3) is 5.91 Å². The molecule has 5 fully saturated rings. The number of likely N-dealkylation sites (tertiary alicyclic amines) is 1. The minimum absolute atomic E-state index is 0.120. The number of hydrogen-bond donors (Lipinski definition) is 0. The van der Waals surface area contributed by atoms with Crippen molar-refractivity contribution in [2.45, 2.75) is 63.8 Å². The van der Waals surface area contributed by atoms with Gasteiger partial charge in [-0.15, -0.1) is 0 Å². The molecule has 1 aliphatic heterocycles. The highest BCUT2D eigenvalue weighted by Gasteiger charge is 2.56. The summed E-state index contributed by atoms with van der Waals surface area (Å²) >= 11 is 0. The third kappa shape index (κ3) is 3.16. The Balaban J connectivity index is 1.47. The van der Waals surface area contributed by atoms with Crippen molar-refractivity contribution in [2.75, 3.05) is 27.9 Å². The lowest BCUT2D eigenvalue weighted by atomic mass is 9.47. The molecule has 4 saturated carbocycles. The minimum Gasteiger partial charge on any atom is -0.493 e. The number of amides is 1. The smallest absolute Gasteiger partial charge is 0.254 e. The number of benzene rings is 1. The lowest BCUT2D eigenvalue weighted by Gasteiger charge is -2.61. The number of methoxy groups -OCH3 is 3. The number of carbonyl (C=O) groups excluding carboxylic acids is 1. The van der Waals surface area contributed by atoms with Crippen LogP contribution in [0.3, 0.4) is 0 Å². The van der Waals surface area contributed by atoms with Gasteiger partial charge >= 0.3 is 0 Å². The van der Waals surface area contributed by atoms with Crippen LogP contribution in [0.2, 0.25) is 0 Å². The molecule has 0 radical (unpaired) electrons. The van der Waals surface area contributed by atoms with Crippen LogP contribution in [0.4, 0.5) is 0 Å². The summed E-state index contributed by atoms with van der Waals surface area (Å²) in [6.07, 6.45) is 11.8. The number of rotatable bonds is 5. The zero-order valence-electron chi connectivity index (χ0n) is 18.6. The van der Waals surface area contributed by atoms with Crippen LogP contribution in [0.5, 0.6) is 17.2 Å². The Bertz CT molecular complexity index is 759. The standard InChI is InChI=1S/C25H35NO4/c1-28-20-11-19(12-21(29-2)23(20)30-3)24(27)26-7-5-4-6-22(26)25-13-16-8-17(14-25)10-18(9-16)15-25/h11-12,16-18,22H,4-10,13-15H2,1-3H3. The molecule has 5 nitrogen and oxygen atoms in total. The van der Waals surface area contributed by atoms with Gasteiger partial charge in [0.2, 0.25) is 5.75 Å². The minimum atomic E-state index is 0.120. The van der Waals surface area contributed by atoms with E-state index in [0.717, 1.165) is 37.1 Å². The molecule has 1 saturated heterocycles. The fourth-order valence-corrected chi connectivity index (χ4v) is 7.77. The topological polar surface area (TPSA) is 48.0 Å². The van der Waals surface area contributed by atoms with Crippen LogP contribution in [0.15, 0.2) is 12.1 Å². The molecule has 1 heterocycles. The molecule has 5 aliphatic rings. The van der Waals surface area contributed by atoms with E-state index in [1.165, 1.54) is 44.9 Å². The SMILES string of the molecule is COc1cc(C(=O)N2CCCCC2C23CC4CC(CC(C4)C2)C3)cc(OC)c1OC. The number of hydrogen-bond acceptors (Lipinski definition) is 4. The van der Waals surface area contributed by atoms with Gasteiger partial charge in [-0.3, -0.25) is 4.79 Å². The summed E-state index contributed by atoms with van der Waals surface area (Å²) < 4.78 is 16.5. The van der Waals surface area contributed by atoms with E-state index < -0.39 is 0 Å². The monoisotopic (exact) mass is 413 g/mol. The van der Waals surface area contributed by atoms with Gasteiger partial charge in [0.1, 0.15) is 0 Å². The number of nitrogens with zero attached hydrogens (tertiary/aromatic N) is 1. The first-order chi connectivity index (χ1) is 14.6. The number of carbonyl (C=O) groups is 1. The fourth-order valence-electron chi connectivity index (χ4n) is 7.77. The summed E-state index contributed by atoms with van der Waals surface area (Å²) in [4.78, 5) is 16.0. The quantitative estimate of drug-likeness (QED) is 0.687. The normalized spacial score (nSPS) is 34.7. The Morgan fingerprint density at radius 1 is 0.900 bits per heavy atom. The second-order valence-electron chi connectivity index (χ2n) is 10.2. The van der Waals surface area contributed by atoms with E-state index in [0.29, 0.717) is 34.3 Å². The molecule has 4 bridgehead atoms. The van der Waals surface area contributed by atoms with Gasteiger partial charge in [-0.25, -0.2) is 0 Å². The molecule has 1 aromatic rings. The fraction of sp³-hybridized carbons (Fsp3) is 0.720. The van der Waals surface area contributed by atoms with Gasteiger partial charge in [-0.05, 0) is 93.1 Å². The predicted molar refractivity (Wildman–Crippen MR) is 115 cm³/mol. The molecule has 1 unspecified atom stereocenters. The van der Waals surface area contributed by atoms with Gasteiger partial charge in [0.05, 0.1) is 21.3 Å². The molecule has 30 heavy (non-hydrogen) atoms. The molecule has 1 amide bonds. The molecule has 1 aromatic carbocycles. The molecule has 0 spiro atoms. The van der Waals surface area contributed by atoms with Crippen LogP contribution in [-0.4, -0.2) is 44.7 Å². The molecule has 4 aliphatic carbocycles. The van der Waals surface area contributed by atoms with Crippen molar-refractivity contribution in [3.8, 4) is 17.2 Å². The largest absolute Gasteiger partial charge is 0.493 e. The van der Waals surface area contributed by atoms with E-state index in [1.54, 1.807) is 21.3 Å². The Labute approximate surface area is 180 Å². The van der Waals surface area contributed by atoms with Crippen molar-refractivity contribution in [1.29, 1.82) is 0 Å². The molecular weight excluding hydrogens is 378 g/mol. The molecule has 0 N–H and O–H groups in total.